The third-order valence-electron chi connectivity index (χ3n) is 9.58. The van der Waals surface area contributed by atoms with E-state index in [1.165, 1.54) is 30.3 Å². The quantitative estimate of drug-likeness (QED) is 0.160. The number of H-pyrrole nitrogens is 1. The lowest BCUT2D eigenvalue weighted by Crippen LogP contribution is -2.67. The molecule has 0 spiro atoms. The normalized spacial score (nSPS) is 18.8. The molecular formula is C35H43F4N5O4. The molecule has 3 amide bonds. The molecule has 3 aromatic rings. The average molecular weight is 674 g/mol. The van der Waals surface area contributed by atoms with Crippen LogP contribution in [0.3, 0.4) is 0 Å². The second-order valence-electron chi connectivity index (χ2n) is 12.8. The Kier molecular flexibility index (Phi) is 11.3. The van der Waals surface area contributed by atoms with Gasteiger partial charge in [-0.1, -0.05) is 70.9 Å². The van der Waals surface area contributed by atoms with Gasteiger partial charge in [0, 0.05) is 23.9 Å². The number of alkyl halides is 3. The number of para-hydroxylation sites is 1. The summed E-state index contributed by atoms with van der Waals surface area (Å²) in [6.07, 6.45) is -3.79. The molecule has 0 saturated heterocycles. The summed E-state index contributed by atoms with van der Waals surface area (Å²) in [6, 6.07) is 7.70. The Balaban J connectivity index is 1.68. The molecule has 1 aliphatic carbocycles. The lowest BCUT2D eigenvalue weighted by molar-refractivity contribution is -0.138. The molecule has 1 aliphatic rings. The summed E-state index contributed by atoms with van der Waals surface area (Å²) in [5.41, 5.74) is 4.21. The molecule has 48 heavy (non-hydrogen) atoms. The first-order valence-electron chi connectivity index (χ1n) is 16.2. The van der Waals surface area contributed by atoms with Crippen LogP contribution in [0.15, 0.2) is 42.5 Å². The molecule has 4 rings (SSSR count). The monoisotopic (exact) mass is 673 g/mol. The van der Waals surface area contributed by atoms with Gasteiger partial charge >= 0.3 is 6.18 Å². The number of halogens is 4. The number of hydrogen-bond donors (Lipinski definition) is 5. The molecule has 0 bridgehead atoms. The number of aromatic amines is 1. The third kappa shape index (κ3) is 7.88. The predicted molar refractivity (Wildman–Crippen MR) is 173 cm³/mol. The van der Waals surface area contributed by atoms with Crippen LogP contribution in [0, 0.1) is 17.7 Å². The van der Waals surface area contributed by atoms with Gasteiger partial charge in [0.25, 0.3) is 0 Å². The first-order valence-corrected chi connectivity index (χ1v) is 16.2. The zero-order valence-electron chi connectivity index (χ0n) is 27.5. The van der Waals surface area contributed by atoms with E-state index in [0.29, 0.717) is 24.1 Å². The first-order chi connectivity index (χ1) is 22.6. The largest absolute Gasteiger partial charge is 0.418 e. The van der Waals surface area contributed by atoms with Crippen LogP contribution in [-0.4, -0.2) is 52.7 Å². The number of rotatable bonds is 14. The minimum atomic E-state index is -4.63. The van der Waals surface area contributed by atoms with Crippen LogP contribution in [0.4, 0.5) is 17.6 Å². The highest BCUT2D eigenvalue weighted by Crippen LogP contribution is 2.40. The number of benzene rings is 2. The van der Waals surface area contributed by atoms with Crippen LogP contribution in [0.1, 0.15) is 69.3 Å². The van der Waals surface area contributed by atoms with Crippen molar-refractivity contribution >= 4 is 34.4 Å². The zero-order valence-corrected chi connectivity index (χ0v) is 27.5. The lowest BCUT2D eigenvalue weighted by atomic mass is 9.78. The standard InChI is InChI=1S/C35H43F4N5O4/c1-5-19(3)28(31(40)46)43-33(48)34(15-14-27-24(17-34)23-11-9-12-25(30(23)42-27)35(37,38)39)44-32(47)29(20(4)6-2)41-18-22(45)16-21-10-7-8-13-26(21)36/h7-13,19-20,28-29,41-42H,5-6,14-18H2,1-4H3,(H2,40,46)(H,43,48)(H,44,47)/t19-,20?,28?,29-,34+/m0/s1. The molecule has 1 heterocycles. The molecule has 260 valence electrons. The van der Waals surface area contributed by atoms with Crippen molar-refractivity contribution in [2.75, 3.05) is 6.54 Å². The van der Waals surface area contributed by atoms with E-state index in [2.05, 4.69) is 20.9 Å². The van der Waals surface area contributed by atoms with Gasteiger partial charge in [-0.2, -0.15) is 13.2 Å². The molecule has 9 nitrogen and oxygen atoms in total. The minimum Gasteiger partial charge on any atom is -0.368 e. The van der Waals surface area contributed by atoms with Crippen LogP contribution >= 0.6 is 0 Å². The van der Waals surface area contributed by atoms with Crippen LogP contribution in [0.5, 0.6) is 0 Å². The second-order valence-corrected chi connectivity index (χ2v) is 12.8. The molecule has 0 fully saturated rings. The fourth-order valence-corrected chi connectivity index (χ4v) is 6.32. The Morgan fingerprint density at radius 1 is 0.979 bits per heavy atom. The fraction of sp³-hybridized carbons (Fsp3) is 0.486. The van der Waals surface area contributed by atoms with Crippen molar-refractivity contribution in [3.8, 4) is 0 Å². The topological polar surface area (TPSA) is 146 Å². The number of nitrogens with two attached hydrogens (primary N) is 1. The summed E-state index contributed by atoms with van der Waals surface area (Å²) in [6.45, 7) is 6.99. The Morgan fingerprint density at radius 2 is 1.65 bits per heavy atom. The SMILES string of the molecule is CCC(C)[C@H](NCC(=O)Cc1ccccc1F)C(=O)N[C@]1(C(=O)NC(C(N)=O)[C@@H](C)CC)CCc2[nH]c3c(C(F)(F)F)cccc3c2C1. The summed E-state index contributed by atoms with van der Waals surface area (Å²) in [5.74, 6) is -3.57. The Morgan fingerprint density at radius 3 is 2.27 bits per heavy atom. The van der Waals surface area contributed by atoms with Gasteiger partial charge in [-0.25, -0.2) is 4.39 Å². The van der Waals surface area contributed by atoms with E-state index >= 15 is 0 Å². The predicted octanol–water partition coefficient (Wildman–Crippen LogP) is 4.50. The van der Waals surface area contributed by atoms with E-state index in [1.807, 2.05) is 13.8 Å². The summed E-state index contributed by atoms with van der Waals surface area (Å²) in [7, 11) is 0. The Hall–Kier alpha value is -4.26. The number of carbonyl (C=O) groups excluding carboxylic acids is 4. The zero-order chi connectivity index (χ0) is 35.4. The average Bonchev–Trinajstić information content (AvgIpc) is 3.41. The summed E-state index contributed by atoms with van der Waals surface area (Å²) >= 11 is 0. The Labute approximate surface area is 276 Å². The van der Waals surface area contributed by atoms with Crippen molar-refractivity contribution in [3.05, 3.63) is 70.7 Å². The van der Waals surface area contributed by atoms with Gasteiger partial charge in [0.2, 0.25) is 17.7 Å². The maximum atomic E-state index is 14.2. The third-order valence-corrected chi connectivity index (χ3v) is 9.58. The van der Waals surface area contributed by atoms with E-state index in [1.54, 1.807) is 19.9 Å². The maximum absolute atomic E-state index is 14.2. The minimum absolute atomic E-state index is 0.0111. The van der Waals surface area contributed by atoms with Gasteiger partial charge in [-0.3, -0.25) is 24.5 Å². The molecule has 5 atom stereocenters. The van der Waals surface area contributed by atoms with Crippen LogP contribution in [-0.2, 0) is 44.6 Å². The van der Waals surface area contributed by atoms with Gasteiger partial charge in [0.1, 0.15) is 17.4 Å². The highest BCUT2D eigenvalue weighted by molar-refractivity contribution is 5.98. The number of aryl methyl sites for hydroxylation is 1. The molecule has 0 aliphatic heterocycles. The molecule has 6 N–H and O–H groups in total. The van der Waals surface area contributed by atoms with Crippen LogP contribution in [0.25, 0.3) is 10.9 Å². The molecule has 0 radical (unpaired) electrons. The van der Waals surface area contributed by atoms with E-state index in [-0.39, 0.29) is 66.3 Å². The van der Waals surface area contributed by atoms with Crippen molar-refractivity contribution < 1.29 is 36.7 Å². The fourth-order valence-electron chi connectivity index (χ4n) is 6.32. The number of primary amides is 1. The second kappa shape index (κ2) is 14.9. The Bertz CT molecular complexity index is 1670. The molecule has 0 saturated carbocycles. The number of hydrogen-bond acceptors (Lipinski definition) is 5. The van der Waals surface area contributed by atoms with Crippen molar-refractivity contribution in [1.29, 1.82) is 0 Å². The number of ketones is 1. The molecule has 1 aromatic heterocycles. The van der Waals surface area contributed by atoms with Crippen molar-refractivity contribution in [2.24, 2.45) is 17.6 Å². The molecule has 13 heteroatoms. The smallest absolute Gasteiger partial charge is 0.368 e. The number of amides is 3. The van der Waals surface area contributed by atoms with Crippen molar-refractivity contribution in [3.63, 3.8) is 0 Å². The number of Topliss-reactive ketones (excluding diaryl/α,β-unsaturated/α-hetero) is 1. The lowest BCUT2D eigenvalue weighted by Gasteiger charge is -2.39. The van der Waals surface area contributed by atoms with E-state index in [0.717, 1.165) is 6.07 Å². The summed E-state index contributed by atoms with van der Waals surface area (Å²) in [4.78, 5) is 56.4. The highest BCUT2D eigenvalue weighted by Gasteiger charge is 2.47. The van der Waals surface area contributed by atoms with Crippen LogP contribution < -0.4 is 21.7 Å². The van der Waals surface area contributed by atoms with Gasteiger partial charge in [-0.05, 0) is 47.9 Å². The van der Waals surface area contributed by atoms with Crippen molar-refractivity contribution in [1.82, 2.24) is 20.9 Å². The van der Waals surface area contributed by atoms with E-state index in [9.17, 15) is 36.7 Å². The van der Waals surface area contributed by atoms with Crippen LogP contribution in [0.2, 0.25) is 0 Å². The molecule has 2 unspecified atom stereocenters. The molecular weight excluding hydrogens is 630 g/mol. The number of nitrogens with one attached hydrogen (secondary N) is 4. The van der Waals surface area contributed by atoms with Gasteiger partial charge in [0.15, 0.2) is 5.78 Å². The van der Waals surface area contributed by atoms with E-state index in [4.69, 9.17) is 5.73 Å². The maximum Gasteiger partial charge on any atom is 0.418 e. The summed E-state index contributed by atoms with van der Waals surface area (Å²) in [5, 5.41) is 8.89. The number of aromatic nitrogens is 1. The van der Waals surface area contributed by atoms with E-state index < -0.39 is 52.9 Å². The van der Waals surface area contributed by atoms with Gasteiger partial charge in [0.05, 0.1) is 23.7 Å². The highest BCUT2D eigenvalue weighted by atomic mass is 19.4. The van der Waals surface area contributed by atoms with Crippen molar-refractivity contribution in [2.45, 2.75) is 90.0 Å². The van der Waals surface area contributed by atoms with Gasteiger partial charge < -0.3 is 21.4 Å². The number of fused-ring (bicyclic) bond motifs is 3. The van der Waals surface area contributed by atoms with Gasteiger partial charge in [-0.15, -0.1) is 0 Å². The summed E-state index contributed by atoms with van der Waals surface area (Å²) < 4.78 is 55.8. The first kappa shape index (κ1) is 36.6. The molecule has 2 aromatic carbocycles. The number of carbonyl (C=O) groups is 4.